The summed E-state index contributed by atoms with van der Waals surface area (Å²) < 4.78 is 3.07. The van der Waals surface area contributed by atoms with Crippen molar-refractivity contribution in [2.45, 2.75) is 6.92 Å². The molecule has 0 aliphatic rings. The number of fused-ring (bicyclic) bond motifs is 1. The number of carbonyl (C=O) groups is 1. The van der Waals surface area contributed by atoms with Crippen molar-refractivity contribution in [3.63, 3.8) is 0 Å². The van der Waals surface area contributed by atoms with Gasteiger partial charge >= 0.3 is 6.03 Å². The fraction of sp³-hybridized carbons (Fsp3) is 0.273. The smallest absolute Gasteiger partial charge is 0.339 e. The second kappa shape index (κ2) is 4.09. The average Bonchev–Trinajstić information content (AvgIpc) is 2.55. The normalized spacial score (nSPS) is 12.1. The molecule has 2 rings (SSSR count). The van der Waals surface area contributed by atoms with Gasteiger partial charge in [-0.15, -0.1) is 0 Å². The third-order valence-corrected chi connectivity index (χ3v) is 3.47. The molecule has 0 atom stereocenters. The summed E-state index contributed by atoms with van der Waals surface area (Å²) in [5.74, 6) is 0. The highest BCUT2D eigenvalue weighted by molar-refractivity contribution is 7.16. The second-order valence-corrected chi connectivity index (χ2v) is 4.59. The summed E-state index contributed by atoms with van der Waals surface area (Å²) in [4.78, 5) is 15.9. The maximum absolute atomic E-state index is 11.2. The van der Waals surface area contributed by atoms with Gasteiger partial charge in [-0.05, 0) is 24.6 Å². The molecular weight excluding hydrogens is 222 g/mol. The molecular formula is C11H13N3OS. The van der Waals surface area contributed by atoms with Crippen molar-refractivity contribution in [2.75, 3.05) is 7.05 Å². The Morgan fingerprint density at radius 1 is 1.50 bits per heavy atom. The monoisotopic (exact) mass is 235 g/mol. The lowest BCUT2D eigenvalue weighted by atomic mass is 10.2. The van der Waals surface area contributed by atoms with Gasteiger partial charge in [-0.1, -0.05) is 17.4 Å². The maximum atomic E-state index is 11.2. The molecule has 1 N–H and O–H groups in total. The first kappa shape index (κ1) is 10.9. The van der Waals surface area contributed by atoms with Crippen molar-refractivity contribution < 1.29 is 4.79 Å². The largest absolute Gasteiger partial charge is 0.343 e. The van der Waals surface area contributed by atoms with E-state index in [9.17, 15) is 4.79 Å². The van der Waals surface area contributed by atoms with Crippen molar-refractivity contribution in [1.29, 1.82) is 0 Å². The van der Waals surface area contributed by atoms with Gasteiger partial charge in [0.25, 0.3) is 0 Å². The number of hydrogen-bond donors (Lipinski definition) is 1. The number of amides is 2. The summed E-state index contributed by atoms with van der Waals surface area (Å²) in [5, 5.41) is 2.48. The van der Waals surface area contributed by atoms with E-state index in [0.717, 1.165) is 10.2 Å². The van der Waals surface area contributed by atoms with Gasteiger partial charge in [0.15, 0.2) is 4.80 Å². The van der Waals surface area contributed by atoms with Gasteiger partial charge in [0.2, 0.25) is 0 Å². The van der Waals surface area contributed by atoms with Crippen molar-refractivity contribution in [3.8, 4) is 0 Å². The van der Waals surface area contributed by atoms with E-state index in [-0.39, 0.29) is 6.03 Å². The van der Waals surface area contributed by atoms with Crippen LogP contribution in [0, 0.1) is 6.92 Å². The van der Waals surface area contributed by atoms with Crippen LogP contribution >= 0.6 is 11.3 Å². The fourth-order valence-electron chi connectivity index (χ4n) is 1.49. The Morgan fingerprint density at radius 2 is 2.25 bits per heavy atom. The average molecular weight is 235 g/mol. The van der Waals surface area contributed by atoms with Gasteiger partial charge in [0.05, 0.1) is 10.2 Å². The van der Waals surface area contributed by atoms with Crippen LogP contribution in [0.4, 0.5) is 4.79 Å². The van der Waals surface area contributed by atoms with Gasteiger partial charge in [0, 0.05) is 14.1 Å². The number of rotatable bonds is 0. The molecule has 0 aliphatic carbocycles. The van der Waals surface area contributed by atoms with E-state index in [4.69, 9.17) is 0 Å². The lowest BCUT2D eigenvalue weighted by Gasteiger charge is -1.95. The van der Waals surface area contributed by atoms with E-state index < -0.39 is 0 Å². The number of thiazole rings is 1. The summed E-state index contributed by atoms with van der Waals surface area (Å²) in [7, 11) is 3.49. The number of aryl methyl sites for hydroxylation is 2. The van der Waals surface area contributed by atoms with Gasteiger partial charge in [0.1, 0.15) is 0 Å². The number of hydrogen-bond acceptors (Lipinski definition) is 2. The molecule has 0 saturated heterocycles. The van der Waals surface area contributed by atoms with Gasteiger partial charge in [-0.3, -0.25) is 0 Å². The minimum Gasteiger partial charge on any atom is -0.339 e. The van der Waals surface area contributed by atoms with E-state index in [1.165, 1.54) is 16.9 Å². The van der Waals surface area contributed by atoms with Crippen LogP contribution in [0.2, 0.25) is 0 Å². The number of carbonyl (C=O) groups excluding carboxylic acids is 1. The molecule has 2 aromatic rings. The Bertz CT molecular complexity index is 609. The summed E-state index contributed by atoms with van der Waals surface area (Å²) in [6.07, 6.45) is 0. The summed E-state index contributed by atoms with van der Waals surface area (Å²) in [6.45, 7) is 2.05. The Balaban J connectivity index is 2.69. The number of urea groups is 1. The van der Waals surface area contributed by atoms with E-state index in [1.54, 1.807) is 7.05 Å². The zero-order valence-electron chi connectivity index (χ0n) is 9.44. The molecule has 5 heteroatoms. The third kappa shape index (κ3) is 1.86. The van der Waals surface area contributed by atoms with Crippen molar-refractivity contribution in [1.82, 2.24) is 9.88 Å². The van der Waals surface area contributed by atoms with Crippen LogP contribution in [0.5, 0.6) is 0 Å². The van der Waals surface area contributed by atoms with Crippen LogP contribution < -0.4 is 10.1 Å². The van der Waals surface area contributed by atoms with Gasteiger partial charge < -0.3 is 9.88 Å². The van der Waals surface area contributed by atoms with E-state index in [1.807, 2.05) is 17.7 Å². The molecule has 2 amide bonds. The molecule has 0 aliphatic heterocycles. The molecule has 0 saturated carbocycles. The predicted octanol–water partition coefficient (Wildman–Crippen LogP) is 1.79. The van der Waals surface area contributed by atoms with Crippen LogP contribution in [0.3, 0.4) is 0 Å². The quantitative estimate of drug-likeness (QED) is 0.743. The molecule has 0 unspecified atom stereocenters. The Kier molecular flexibility index (Phi) is 2.78. The molecule has 0 bridgehead atoms. The van der Waals surface area contributed by atoms with Crippen LogP contribution in [-0.2, 0) is 7.05 Å². The van der Waals surface area contributed by atoms with Crippen LogP contribution in [0.1, 0.15) is 5.56 Å². The van der Waals surface area contributed by atoms with Crippen molar-refractivity contribution >= 4 is 27.6 Å². The molecule has 0 spiro atoms. The standard InChI is InChI=1S/C11H13N3OS/c1-7-4-5-8-9(6-7)16-11(14(8)3)13-10(15)12-2/h4-6H,1-3H3,(H,12,15). The van der Waals surface area contributed by atoms with Crippen LogP contribution in [-0.4, -0.2) is 17.6 Å². The zero-order valence-corrected chi connectivity index (χ0v) is 10.3. The second-order valence-electron chi connectivity index (χ2n) is 3.58. The first-order valence-electron chi connectivity index (χ1n) is 4.94. The Labute approximate surface area is 97.2 Å². The van der Waals surface area contributed by atoms with Crippen molar-refractivity contribution in [2.24, 2.45) is 12.0 Å². The lowest BCUT2D eigenvalue weighted by Crippen LogP contribution is -2.19. The zero-order chi connectivity index (χ0) is 11.7. The lowest BCUT2D eigenvalue weighted by molar-refractivity contribution is 0.250. The molecule has 0 fully saturated rings. The summed E-state index contributed by atoms with van der Waals surface area (Å²) in [5.41, 5.74) is 2.30. The number of nitrogens with one attached hydrogen (secondary N) is 1. The molecule has 1 aromatic heterocycles. The van der Waals surface area contributed by atoms with Gasteiger partial charge in [-0.2, -0.15) is 4.99 Å². The minimum atomic E-state index is -0.320. The highest BCUT2D eigenvalue weighted by Crippen LogP contribution is 2.17. The first-order valence-corrected chi connectivity index (χ1v) is 5.76. The highest BCUT2D eigenvalue weighted by atomic mass is 32.1. The number of benzene rings is 1. The van der Waals surface area contributed by atoms with Crippen molar-refractivity contribution in [3.05, 3.63) is 28.6 Å². The minimum absolute atomic E-state index is 0.320. The van der Waals surface area contributed by atoms with Crippen LogP contribution in [0.25, 0.3) is 10.2 Å². The van der Waals surface area contributed by atoms with Gasteiger partial charge in [-0.25, -0.2) is 4.79 Å². The summed E-state index contributed by atoms with van der Waals surface area (Å²) in [6, 6.07) is 5.88. The number of aromatic nitrogens is 1. The topological polar surface area (TPSA) is 46.4 Å². The summed E-state index contributed by atoms with van der Waals surface area (Å²) >= 11 is 1.52. The Hall–Kier alpha value is -1.62. The molecule has 1 aromatic carbocycles. The number of nitrogens with zero attached hydrogens (tertiary/aromatic N) is 2. The SMILES string of the molecule is CNC(=O)N=c1sc2cc(C)ccc2n1C. The van der Waals surface area contributed by atoms with E-state index in [2.05, 4.69) is 29.4 Å². The predicted molar refractivity (Wildman–Crippen MR) is 65.6 cm³/mol. The van der Waals surface area contributed by atoms with E-state index >= 15 is 0 Å². The van der Waals surface area contributed by atoms with Crippen LogP contribution in [0.15, 0.2) is 23.2 Å². The molecule has 0 radical (unpaired) electrons. The third-order valence-electron chi connectivity index (χ3n) is 2.38. The molecule has 16 heavy (non-hydrogen) atoms. The fourth-order valence-corrected chi connectivity index (χ4v) is 2.61. The maximum Gasteiger partial charge on any atom is 0.343 e. The molecule has 1 heterocycles. The molecule has 4 nitrogen and oxygen atoms in total. The first-order chi connectivity index (χ1) is 7.61. The highest BCUT2D eigenvalue weighted by Gasteiger charge is 2.03. The van der Waals surface area contributed by atoms with E-state index in [0.29, 0.717) is 4.80 Å². The Morgan fingerprint density at radius 3 is 2.94 bits per heavy atom. The molecule has 84 valence electrons.